The number of piperidine rings is 2. The van der Waals surface area contributed by atoms with Crippen LogP contribution < -0.4 is 10.2 Å². The highest BCUT2D eigenvalue weighted by molar-refractivity contribution is 5.87. The zero-order valence-corrected chi connectivity index (χ0v) is 12.0. The first-order valence-electron chi connectivity index (χ1n) is 7.13. The fourth-order valence-electron chi connectivity index (χ4n) is 3.74. The van der Waals surface area contributed by atoms with Gasteiger partial charge in [-0.1, -0.05) is 17.7 Å². The smallest absolute Gasteiger partial charge is 0.145 e. The molecular weight excluding hydrogens is 236 g/mol. The van der Waals surface area contributed by atoms with Gasteiger partial charge in [0.1, 0.15) is 5.78 Å². The van der Waals surface area contributed by atoms with E-state index in [9.17, 15) is 4.79 Å². The number of carbonyl (C=O) groups is 1. The summed E-state index contributed by atoms with van der Waals surface area (Å²) >= 11 is 0. The SMILES string of the molecule is Cc1cc(C)c(N2CC3CNCC(C2)C3=O)c(C)c1. The molecule has 0 aromatic heterocycles. The Hall–Kier alpha value is -1.35. The molecule has 2 aliphatic rings. The van der Waals surface area contributed by atoms with Crippen LogP contribution >= 0.6 is 0 Å². The predicted molar refractivity (Wildman–Crippen MR) is 77.7 cm³/mol. The monoisotopic (exact) mass is 258 g/mol. The van der Waals surface area contributed by atoms with Crippen LogP contribution in [0, 0.1) is 32.6 Å². The fourth-order valence-corrected chi connectivity index (χ4v) is 3.74. The lowest BCUT2D eigenvalue weighted by molar-refractivity contribution is -0.129. The second-order valence-corrected chi connectivity index (χ2v) is 6.11. The Labute approximate surface area is 115 Å². The molecule has 2 heterocycles. The number of benzene rings is 1. The Morgan fingerprint density at radius 3 is 2.11 bits per heavy atom. The molecule has 3 heteroatoms. The Morgan fingerprint density at radius 1 is 1.05 bits per heavy atom. The summed E-state index contributed by atoms with van der Waals surface area (Å²) in [4.78, 5) is 14.6. The van der Waals surface area contributed by atoms with E-state index in [4.69, 9.17) is 0 Å². The van der Waals surface area contributed by atoms with Crippen LogP contribution in [-0.2, 0) is 4.79 Å². The molecule has 2 unspecified atom stereocenters. The minimum Gasteiger partial charge on any atom is -0.370 e. The van der Waals surface area contributed by atoms with Gasteiger partial charge in [0.2, 0.25) is 0 Å². The Bertz CT molecular complexity index is 484. The van der Waals surface area contributed by atoms with Crippen molar-refractivity contribution in [2.24, 2.45) is 11.8 Å². The summed E-state index contributed by atoms with van der Waals surface area (Å²) in [6.07, 6.45) is 0. The molecule has 2 atom stereocenters. The number of aryl methyl sites for hydroxylation is 3. The third-order valence-electron chi connectivity index (χ3n) is 4.42. The summed E-state index contributed by atoms with van der Waals surface area (Å²) in [7, 11) is 0. The first-order valence-corrected chi connectivity index (χ1v) is 7.13. The van der Waals surface area contributed by atoms with Gasteiger partial charge in [-0.05, 0) is 31.9 Å². The summed E-state index contributed by atoms with van der Waals surface area (Å²) in [6, 6.07) is 4.49. The fraction of sp³-hybridized carbons (Fsp3) is 0.562. The van der Waals surface area contributed by atoms with Crippen molar-refractivity contribution in [1.29, 1.82) is 0 Å². The number of fused-ring (bicyclic) bond motifs is 2. The lowest BCUT2D eigenvalue weighted by atomic mass is 9.83. The number of nitrogens with zero attached hydrogens (tertiary/aromatic N) is 1. The van der Waals surface area contributed by atoms with Gasteiger partial charge in [0, 0.05) is 43.7 Å². The van der Waals surface area contributed by atoms with Gasteiger partial charge in [-0.25, -0.2) is 0 Å². The van der Waals surface area contributed by atoms with E-state index in [1.807, 2.05) is 0 Å². The van der Waals surface area contributed by atoms with E-state index in [1.165, 1.54) is 22.4 Å². The van der Waals surface area contributed by atoms with E-state index < -0.39 is 0 Å². The predicted octanol–water partition coefficient (Wildman–Crippen LogP) is 1.84. The number of Topliss-reactive ketones (excluding diaryl/α,β-unsaturated/α-hetero) is 1. The molecule has 1 N–H and O–H groups in total. The molecule has 3 nitrogen and oxygen atoms in total. The molecule has 2 aliphatic heterocycles. The van der Waals surface area contributed by atoms with Crippen LogP contribution in [0.15, 0.2) is 12.1 Å². The van der Waals surface area contributed by atoms with Crippen LogP contribution in [0.5, 0.6) is 0 Å². The van der Waals surface area contributed by atoms with Gasteiger partial charge in [0.25, 0.3) is 0 Å². The third-order valence-corrected chi connectivity index (χ3v) is 4.42. The maximum absolute atomic E-state index is 12.1. The molecule has 102 valence electrons. The first-order chi connectivity index (χ1) is 9.06. The highest BCUT2D eigenvalue weighted by atomic mass is 16.1. The zero-order valence-electron chi connectivity index (χ0n) is 12.0. The van der Waals surface area contributed by atoms with Crippen molar-refractivity contribution in [2.45, 2.75) is 20.8 Å². The summed E-state index contributed by atoms with van der Waals surface area (Å²) < 4.78 is 0. The maximum atomic E-state index is 12.1. The van der Waals surface area contributed by atoms with Crippen LogP contribution in [-0.4, -0.2) is 32.0 Å². The average molecular weight is 258 g/mol. The molecule has 0 amide bonds. The average Bonchev–Trinajstić information content (AvgIpc) is 2.28. The lowest BCUT2D eigenvalue weighted by Crippen LogP contribution is -2.57. The molecule has 1 aromatic rings. The number of nitrogens with one attached hydrogen (secondary N) is 1. The Morgan fingerprint density at radius 2 is 1.58 bits per heavy atom. The Balaban J connectivity index is 1.94. The molecule has 2 saturated heterocycles. The minimum atomic E-state index is 0.174. The number of anilines is 1. The van der Waals surface area contributed by atoms with Gasteiger partial charge in [0.15, 0.2) is 0 Å². The van der Waals surface area contributed by atoms with Gasteiger partial charge in [0.05, 0.1) is 0 Å². The van der Waals surface area contributed by atoms with Crippen LogP contribution in [0.1, 0.15) is 16.7 Å². The standard InChI is InChI=1S/C16H22N2O/c1-10-4-11(2)15(12(3)5-10)18-8-13-6-17-7-14(9-18)16(13)19/h4-5,13-14,17H,6-9H2,1-3H3. The summed E-state index contributed by atoms with van der Waals surface area (Å²) in [6.45, 7) is 9.92. The van der Waals surface area contributed by atoms with Gasteiger partial charge in [-0.3, -0.25) is 4.79 Å². The highest BCUT2D eigenvalue weighted by Crippen LogP contribution is 2.31. The lowest BCUT2D eigenvalue weighted by Gasteiger charge is -2.42. The van der Waals surface area contributed by atoms with Crippen molar-refractivity contribution in [3.63, 3.8) is 0 Å². The number of hydrogen-bond donors (Lipinski definition) is 1. The van der Waals surface area contributed by atoms with Crippen molar-refractivity contribution in [3.8, 4) is 0 Å². The van der Waals surface area contributed by atoms with Crippen molar-refractivity contribution in [3.05, 3.63) is 28.8 Å². The van der Waals surface area contributed by atoms with Crippen LogP contribution in [0.2, 0.25) is 0 Å². The van der Waals surface area contributed by atoms with Crippen molar-refractivity contribution < 1.29 is 4.79 Å². The minimum absolute atomic E-state index is 0.174. The van der Waals surface area contributed by atoms with Gasteiger partial charge < -0.3 is 10.2 Å². The van der Waals surface area contributed by atoms with E-state index in [0.717, 1.165) is 26.2 Å². The number of hydrogen-bond acceptors (Lipinski definition) is 3. The first kappa shape index (κ1) is 12.7. The molecule has 2 fully saturated rings. The molecule has 0 saturated carbocycles. The van der Waals surface area contributed by atoms with E-state index in [1.54, 1.807) is 0 Å². The molecule has 0 spiro atoms. The number of rotatable bonds is 1. The maximum Gasteiger partial charge on any atom is 0.145 e. The molecule has 19 heavy (non-hydrogen) atoms. The molecule has 1 aromatic carbocycles. The van der Waals surface area contributed by atoms with Crippen LogP contribution in [0.3, 0.4) is 0 Å². The number of carbonyl (C=O) groups excluding carboxylic acids is 1. The topological polar surface area (TPSA) is 32.3 Å². The van der Waals surface area contributed by atoms with E-state index in [0.29, 0.717) is 5.78 Å². The second kappa shape index (κ2) is 4.64. The number of ketones is 1. The van der Waals surface area contributed by atoms with Gasteiger partial charge in [-0.15, -0.1) is 0 Å². The normalized spacial score (nSPS) is 26.7. The molecular formula is C16H22N2O. The molecule has 3 rings (SSSR count). The van der Waals surface area contributed by atoms with Crippen LogP contribution in [0.4, 0.5) is 5.69 Å². The van der Waals surface area contributed by atoms with E-state index in [2.05, 4.69) is 43.1 Å². The van der Waals surface area contributed by atoms with E-state index >= 15 is 0 Å². The summed E-state index contributed by atoms with van der Waals surface area (Å²) in [5.41, 5.74) is 5.32. The Kier molecular flexibility index (Phi) is 3.09. The summed E-state index contributed by atoms with van der Waals surface area (Å²) in [5, 5.41) is 3.38. The van der Waals surface area contributed by atoms with Crippen molar-refractivity contribution in [2.75, 3.05) is 31.1 Å². The van der Waals surface area contributed by atoms with E-state index in [-0.39, 0.29) is 11.8 Å². The zero-order chi connectivity index (χ0) is 13.6. The van der Waals surface area contributed by atoms with Crippen molar-refractivity contribution >= 4 is 11.5 Å². The third kappa shape index (κ3) is 2.16. The second-order valence-electron chi connectivity index (χ2n) is 6.11. The van der Waals surface area contributed by atoms with Gasteiger partial charge >= 0.3 is 0 Å². The molecule has 0 radical (unpaired) electrons. The molecule has 2 bridgehead atoms. The van der Waals surface area contributed by atoms with Crippen molar-refractivity contribution in [1.82, 2.24) is 5.32 Å². The quantitative estimate of drug-likeness (QED) is 0.834. The van der Waals surface area contributed by atoms with Gasteiger partial charge in [-0.2, -0.15) is 0 Å². The summed E-state index contributed by atoms with van der Waals surface area (Å²) in [5.74, 6) is 0.817. The highest BCUT2D eigenvalue weighted by Gasteiger charge is 2.38. The largest absolute Gasteiger partial charge is 0.370 e. The molecule has 0 aliphatic carbocycles. The van der Waals surface area contributed by atoms with Crippen LogP contribution in [0.25, 0.3) is 0 Å².